The van der Waals surface area contributed by atoms with Crippen LogP contribution in [0.1, 0.15) is 5.56 Å². The van der Waals surface area contributed by atoms with Gasteiger partial charge in [0.15, 0.2) is 11.6 Å². The van der Waals surface area contributed by atoms with E-state index < -0.39 is 0 Å². The van der Waals surface area contributed by atoms with Crippen LogP contribution in [0.15, 0.2) is 48.3 Å². The number of aromatic nitrogens is 3. The maximum Gasteiger partial charge on any atom is 0.162 e. The molecule has 1 aliphatic rings. The fourth-order valence-electron chi connectivity index (χ4n) is 2.93. The largest absolute Gasteiger partial charge is 0.378 e. The summed E-state index contributed by atoms with van der Waals surface area (Å²) < 4.78 is 5.45. The lowest BCUT2D eigenvalue weighted by atomic mass is 10.1. The molecule has 0 saturated carbocycles. The number of hydrogen-bond donors (Lipinski definition) is 0. The van der Waals surface area contributed by atoms with Crippen molar-refractivity contribution in [3.63, 3.8) is 0 Å². The molecule has 1 fully saturated rings. The third-order valence-corrected chi connectivity index (χ3v) is 4.32. The zero-order valence-corrected chi connectivity index (χ0v) is 14.1. The van der Waals surface area contributed by atoms with Crippen LogP contribution >= 0.6 is 0 Å². The summed E-state index contributed by atoms with van der Waals surface area (Å²) in [5, 5.41) is 2.93. The first kappa shape index (κ1) is 16.3. The molecule has 0 spiro atoms. The fraction of sp³-hybridized carbons (Fsp3) is 0.211. The maximum atomic E-state index is 10.6. The summed E-state index contributed by atoms with van der Waals surface area (Å²) in [6.45, 7) is 6.62. The smallest absolute Gasteiger partial charge is 0.162 e. The number of hydrogen-bond acceptors (Lipinski definition) is 7. The van der Waals surface area contributed by atoms with Crippen molar-refractivity contribution in [2.75, 3.05) is 31.2 Å². The quantitative estimate of drug-likeness (QED) is 0.671. The molecule has 0 amide bonds. The van der Waals surface area contributed by atoms with Gasteiger partial charge in [0.25, 0.3) is 0 Å². The molecular weight excluding hydrogens is 330 g/mol. The van der Waals surface area contributed by atoms with Crippen molar-refractivity contribution in [1.82, 2.24) is 15.0 Å². The van der Waals surface area contributed by atoms with E-state index in [-0.39, 0.29) is 0 Å². The molecule has 0 unspecified atom stereocenters. The van der Waals surface area contributed by atoms with Crippen molar-refractivity contribution in [3.05, 3.63) is 53.6 Å². The highest BCUT2D eigenvalue weighted by atomic mass is 16.5. The Labute approximate surface area is 150 Å². The molecule has 1 aliphatic heterocycles. The second-order valence-electron chi connectivity index (χ2n) is 5.95. The lowest BCUT2D eigenvalue weighted by Crippen LogP contribution is -2.37. The molecule has 1 aromatic carbocycles. The van der Waals surface area contributed by atoms with Gasteiger partial charge in [-0.05, 0) is 41.1 Å². The summed E-state index contributed by atoms with van der Waals surface area (Å²) in [7, 11) is 0. The van der Waals surface area contributed by atoms with Crippen molar-refractivity contribution in [2.24, 2.45) is 5.18 Å². The molecule has 1 saturated heterocycles. The van der Waals surface area contributed by atoms with Gasteiger partial charge in [-0.2, -0.15) is 0 Å². The van der Waals surface area contributed by atoms with Gasteiger partial charge in [-0.3, -0.25) is 4.98 Å². The molecule has 4 rings (SSSR count). The number of morpholine rings is 1. The van der Waals surface area contributed by atoms with Crippen molar-refractivity contribution < 1.29 is 4.74 Å². The zero-order valence-electron chi connectivity index (χ0n) is 14.1. The molecular formula is C19H17N5O2. The predicted octanol–water partition coefficient (Wildman–Crippen LogP) is 3.57. The van der Waals surface area contributed by atoms with Crippen LogP contribution in [-0.2, 0) is 4.74 Å². The molecule has 0 bridgehead atoms. The SMILES string of the molecule is C=Cc1cnc2c(N3CCOCC3)nc(-c3ccc(N=O)cc3)nc2c1. The Hall–Kier alpha value is -3.19. The lowest BCUT2D eigenvalue weighted by Gasteiger charge is -2.28. The molecule has 0 aliphatic carbocycles. The normalized spacial score (nSPS) is 14.4. The number of nitroso groups, excluding NO2 is 1. The summed E-state index contributed by atoms with van der Waals surface area (Å²) in [5.41, 5.74) is 3.60. The molecule has 7 heteroatoms. The summed E-state index contributed by atoms with van der Waals surface area (Å²) in [6, 6.07) is 8.86. The van der Waals surface area contributed by atoms with Crippen LogP contribution < -0.4 is 4.90 Å². The number of fused-ring (bicyclic) bond motifs is 1. The zero-order chi connectivity index (χ0) is 17.9. The third kappa shape index (κ3) is 3.04. The predicted molar refractivity (Wildman–Crippen MR) is 101 cm³/mol. The van der Waals surface area contributed by atoms with E-state index in [1.807, 2.05) is 6.07 Å². The van der Waals surface area contributed by atoms with E-state index in [2.05, 4.69) is 26.6 Å². The molecule has 2 aromatic heterocycles. The molecule has 0 radical (unpaired) electrons. The Kier molecular flexibility index (Phi) is 4.37. The van der Waals surface area contributed by atoms with Gasteiger partial charge in [0.2, 0.25) is 0 Å². The Bertz CT molecular complexity index is 966. The molecule has 0 N–H and O–H groups in total. The van der Waals surface area contributed by atoms with Crippen molar-refractivity contribution in [3.8, 4) is 11.4 Å². The number of pyridine rings is 1. The minimum Gasteiger partial charge on any atom is -0.378 e. The van der Waals surface area contributed by atoms with Crippen LogP contribution in [0.4, 0.5) is 11.5 Å². The fourth-order valence-corrected chi connectivity index (χ4v) is 2.93. The Balaban J connectivity index is 1.88. The maximum absolute atomic E-state index is 10.6. The molecule has 3 heterocycles. The van der Waals surface area contributed by atoms with Crippen LogP contribution in [-0.4, -0.2) is 41.3 Å². The van der Waals surface area contributed by atoms with E-state index in [4.69, 9.17) is 9.72 Å². The lowest BCUT2D eigenvalue weighted by molar-refractivity contribution is 0.122. The summed E-state index contributed by atoms with van der Waals surface area (Å²) >= 11 is 0. The molecule has 130 valence electrons. The Morgan fingerprint density at radius 3 is 2.62 bits per heavy atom. The van der Waals surface area contributed by atoms with Gasteiger partial charge >= 0.3 is 0 Å². The van der Waals surface area contributed by atoms with E-state index >= 15 is 0 Å². The van der Waals surface area contributed by atoms with Crippen LogP contribution in [0, 0.1) is 4.91 Å². The average molecular weight is 347 g/mol. The van der Waals surface area contributed by atoms with Crippen LogP contribution in [0.5, 0.6) is 0 Å². The number of rotatable bonds is 4. The molecule has 7 nitrogen and oxygen atoms in total. The van der Waals surface area contributed by atoms with E-state index in [0.717, 1.165) is 41.1 Å². The molecule has 3 aromatic rings. The molecule has 26 heavy (non-hydrogen) atoms. The minimum absolute atomic E-state index is 0.374. The number of ether oxygens (including phenoxy) is 1. The summed E-state index contributed by atoms with van der Waals surface area (Å²) in [5.74, 6) is 1.38. The highest BCUT2D eigenvalue weighted by Crippen LogP contribution is 2.28. The second-order valence-corrected chi connectivity index (χ2v) is 5.95. The number of anilines is 1. The van der Waals surface area contributed by atoms with E-state index in [0.29, 0.717) is 24.7 Å². The van der Waals surface area contributed by atoms with Gasteiger partial charge in [0, 0.05) is 24.8 Å². The van der Waals surface area contributed by atoms with Gasteiger partial charge in [0.05, 0.1) is 18.7 Å². The van der Waals surface area contributed by atoms with Gasteiger partial charge in [-0.15, -0.1) is 4.91 Å². The van der Waals surface area contributed by atoms with E-state index in [9.17, 15) is 4.91 Å². The van der Waals surface area contributed by atoms with Crippen LogP contribution in [0.3, 0.4) is 0 Å². The second kappa shape index (κ2) is 6.97. The number of benzene rings is 1. The first-order valence-corrected chi connectivity index (χ1v) is 8.35. The summed E-state index contributed by atoms with van der Waals surface area (Å²) in [4.78, 5) is 26.8. The Morgan fingerprint density at radius 1 is 1.15 bits per heavy atom. The first-order chi connectivity index (χ1) is 12.8. The molecule has 0 atom stereocenters. The topological polar surface area (TPSA) is 80.6 Å². The van der Waals surface area contributed by atoms with Crippen molar-refractivity contribution in [1.29, 1.82) is 0 Å². The Morgan fingerprint density at radius 2 is 1.92 bits per heavy atom. The number of nitrogens with zero attached hydrogens (tertiary/aromatic N) is 5. The van der Waals surface area contributed by atoms with Crippen molar-refractivity contribution >= 4 is 28.6 Å². The minimum atomic E-state index is 0.374. The van der Waals surface area contributed by atoms with E-state index in [1.54, 1.807) is 36.5 Å². The highest BCUT2D eigenvalue weighted by Gasteiger charge is 2.19. The van der Waals surface area contributed by atoms with Crippen LogP contribution in [0.2, 0.25) is 0 Å². The first-order valence-electron chi connectivity index (χ1n) is 8.35. The van der Waals surface area contributed by atoms with Crippen LogP contribution in [0.25, 0.3) is 28.5 Å². The van der Waals surface area contributed by atoms with Gasteiger partial charge in [-0.25, -0.2) is 9.97 Å². The highest BCUT2D eigenvalue weighted by molar-refractivity contribution is 5.88. The average Bonchev–Trinajstić information content (AvgIpc) is 2.73. The standard InChI is InChI=1S/C19H17N5O2/c1-2-13-11-16-17(20-12-13)19(24-7-9-26-10-8-24)22-18(21-16)14-3-5-15(23-25)6-4-14/h2-6,11-12H,1,7-10H2. The third-order valence-electron chi connectivity index (χ3n) is 4.32. The summed E-state index contributed by atoms with van der Waals surface area (Å²) in [6.07, 6.45) is 3.51. The van der Waals surface area contributed by atoms with Gasteiger partial charge in [-0.1, -0.05) is 12.7 Å². The van der Waals surface area contributed by atoms with Gasteiger partial charge in [0.1, 0.15) is 11.2 Å². The van der Waals surface area contributed by atoms with E-state index in [1.165, 1.54) is 0 Å². The van der Waals surface area contributed by atoms with Crippen molar-refractivity contribution in [2.45, 2.75) is 0 Å². The monoisotopic (exact) mass is 347 g/mol. The van der Waals surface area contributed by atoms with Gasteiger partial charge < -0.3 is 9.64 Å².